The number of carbonyl (C=O) groups is 1. The lowest BCUT2D eigenvalue weighted by molar-refractivity contribution is 0.0951. The smallest absolute Gasteiger partial charge is 0.251 e. The van der Waals surface area contributed by atoms with Crippen LogP contribution in [-0.4, -0.2) is 20.4 Å². The minimum Gasteiger partial charge on any atom is -0.348 e. The van der Waals surface area contributed by atoms with Gasteiger partial charge in [0, 0.05) is 30.4 Å². The van der Waals surface area contributed by atoms with Crippen LogP contribution in [-0.2, 0) is 13.1 Å². The molecule has 4 rings (SSSR count). The molecule has 0 aliphatic rings. The topological polar surface area (TPSA) is 59.8 Å². The molecule has 0 bridgehead atoms. The van der Waals surface area contributed by atoms with Crippen molar-refractivity contribution in [2.45, 2.75) is 47.2 Å². The SMILES string of the molecule is CCCn1c(-c2cccc(C(=O)NCc3c(C)cc(C)cc3C)c2)nc2cccnc21. The predicted molar refractivity (Wildman–Crippen MR) is 125 cm³/mol. The van der Waals surface area contributed by atoms with E-state index >= 15 is 0 Å². The lowest BCUT2D eigenvalue weighted by Crippen LogP contribution is -2.23. The number of imidazole rings is 1. The molecule has 0 aliphatic carbocycles. The first-order valence-electron chi connectivity index (χ1n) is 10.7. The van der Waals surface area contributed by atoms with E-state index in [-0.39, 0.29) is 5.91 Å². The molecule has 0 aliphatic heterocycles. The van der Waals surface area contributed by atoms with Crippen LogP contribution in [0.4, 0.5) is 0 Å². The van der Waals surface area contributed by atoms with Gasteiger partial charge in [-0.3, -0.25) is 4.79 Å². The van der Waals surface area contributed by atoms with Crippen molar-refractivity contribution < 1.29 is 4.79 Å². The van der Waals surface area contributed by atoms with Crippen LogP contribution >= 0.6 is 0 Å². The Morgan fingerprint density at radius 3 is 2.55 bits per heavy atom. The number of hydrogen-bond acceptors (Lipinski definition) is 3. The molecule has 0 unspecified atom stereocenters. The van der Waals surface area contributed by atoms with E-state index in [9.17, 15) is 4.79 Å². The van der Waals surface area contributed by atoms with Crippen LogP contribution in [0.2, 0.25) is 0 Å². The summed E-state index contributed by atoms with van der Waals surface area (Å²) in [6.45, 7) is 9.75. The van der Waals surface area contributed by atoms with Crippen LogP contribution in [0.15, 0.2) is 54.7 Å². The zero-order valence-corrected chi connectivity index (χ0v) is 18.6. The zero-order chi connectivity index (χ0) is 22.0. The summed E-state index contributed by atoms with van der Waals surface area (Å²) in [7, 11) is 0. The van der Waals surface area contributed by atoms with Gasteiger partial charge in [0.25, 0.3) is 5.91 Å². The molecular formula is C26H28N4O. The summed E-state index contributed by atoms with van der Waals surface area (Å²) in [5.74, 6) is 0.757. The van der Waals surface area contributed by atoms with Crippen molar-refractivity contribution in [2.75, 3.05) is 0 Å². The van der Waals surface area contributed by atoms with Crippen molar-refractivity contribution >= 4 is 17.1 Å². The van der Waals surface area contributed by atoms with Crippen molar-refractivity contribution in [1.82, 2.24) is 19.9 Å². The second-order valence-electron chi connectivity index (χ2n) is 8.07. The van der Waals surface area contributed by atoms with Gasteiger partial charge in [0.2, 0.25) is 0 Å². The van der Waals surface area contributed by atoms with Crippen LogP contribution in [0, 0.1) is 20.8 Å². The Kier molecular flexibility index (Phi) is 5.85. The van der Waals surface area contributed by atoms with E-state index in [4.69, 9.17) is 4.98 Å². The summed E-state index contributed by atoms with van der Waals surface area (Å²) in [4.78, 5) is 22.2. The molecule has 1 amide bonds. The molecule has 2 aromatic heterocycles. The summed E-state index contributed by atoms with van der Waals surface area (Å²) in [6.07, 6.45) is 2.77. The van der Waals surface area contributed by atoms with Crippen LogP contribution in [0.25, 0.3) is 22.6 Å². The highest BCUT2D eigenvalue weighted by atomic mass is 16.1. The summed E-state index contributed by atoms with van der Waals surface area (Å²) in [6, 6.07) is 15.8. The first-order valence-corrected chi connectivity index (χ1v) is 10.7. The van der Waals surface area contributed by atoms with Gasteiger partial charge in [0.15, 0.2) is 5.65 Å². The second kappa shape index (κ2) is 8.72. The van der Waals surface area contributed by atoms with Crippen molar-refractivity contribution in [1.29, 1.82) is 0 Å². The molecule has 0 spiro atoms. The number of nitrogens with one attached hydrogen (secondary N) is 1. The van der Waals surface area contributed by atoms with Crippen LogP contribution in [0.1, 0.15) is 46.0 Å². The van der Waals surface area contributed by atoms with Crippen LogP contribution < -0.4 is 5.32 Å². The third kappa shape index (κ3) is 4.22. The fourth-order valence-electron chi connectivity index (χ4n) is 4.17. The number of nitrogens with zero attached hydrogens (tertiary/aromatic N) is 3. The van der Waals surface area contributed by atoms with Gasteiger partial charge in [-0.15, -0.1) is 0 Å². The maximum Gasteiger partial charge on any atom is 0.251 e. The van der Waals surface area contributed by atoms with Crippen LogP contribution in [0.3, 0.4) is 0 Å². The molecule has 0 fully saturated rings. The Labute approximate surface area is 183 Å². The number of benzene rings is 2. The molecule has 0 saturated heterocycles. The minimum absolute atomic E-state index is 0.0856. The van der Waals surface area contributed by atoms with E-state index in [0.29, 0.717) is 12.1 Å². The standard InChI is InChI=1S/C26H28N4O/c1-5-12-30-24(29-23-10-7-11-27-25(23)30)20-8-6-9-21(15-20)26(31)28-16-22-18(3)13-17(2)14-19(22)4/h6-11,13-15H,5,12,16H2,1-4H3,(H,28,31). The molecule has 2 aromatic carbocycles. The molecule has 158 valence electrons. The molecule has 2 heterocycles. The fraction of sp³-hybridized carbons (Fsp3) is 0.269. The number of amides is 1. The number of carbonyl (C=O) groups excluding carboxylic acids is 1. The number of aryl methyl sites for hydroxylation is 4. The summed E-state index contributed by atoms with van der Waals surface area (Å²) in [5, 5.41) is 3.08. The van der Waals surface area contributed by atoms with Gasteiger partial charge in [-0.2, -0.15) is 0 Å². The minimum atomic E-state index is -0.0856. The Balaban J connectivity index is 1.61. The summed E-state index contributed by atoms with van der Waals surface area (Å²) >= 11 is 0. The first-order chi connectivity index (χ1) is 15.0. The highest BCUT2D eigenvalue weighted by Crippen LogP contribution is 2.25. The van der Waals surface area contributed by atoms with E-state index in [2.05, 4.69) is 54.7 Å². The van der Waals surface area contributed by atoms with Gasteiger partial charge in [0.1, 0.15) is 11.3 Å². The maximum atomic E-state index is 12.9. The Morgan fingerprint density at radius 1 is 1.03 bits per heavy atom. The Bertz CT molecular complexity index is 1230. The Hall–Kier alpha value is -3.47. The van der Waals surface area contributed by atoms with E-state index in [0.717, 1.165) is 35.5 Å². The normalized spacial score (nSPS) is 11.1. The molecule has 0 atom stereocenters. The van der Waals surface area contributed by atoms with E-state index in [1.54, 1.807) is 6.20 Å². The maximum absolute atomic E-state index is 12.9. The van der Waals surface area contributed by atoms with Crippen molar-refractivity contribution in [2.24, 2.45) is 0 Å². The predicted octanol–water partition coefficient (Wildman–Crippen LogP) is 5.36. The molecule has 0 saturated carbocycles. The average Bonchev–Trinajstić information content (AvgIpc) is 3.12. The monoisotopic (exact) mass is 412 g/mol. The molecular weight excluding hydrogens is 384 g/mol. The number of aromatic nitrogens is 3. The first kappa shape index (κ1) is 20.8. The molecule has 5 heteroatoms. The molecule has 4 aromatic rings. The second-order valence-corrected chi connectivity index (χ2v) is 8.07. The van der Waals surface area contributed by atoms with Crippen molar-refractivity contribution in [3.63, 3.8) is 0 Å². The van der Waals surface area contributed by atoms with Crippen LogP contribution in [0.5, 0.6) is 0 Å². The van der Waals surface area contributed by atoms with E-state index in [1.165, 1.54) is 22.3 Å². The lowest BCUT2D eigenvalue weighted by atomic mass is 9.99. The highest BCUT2D eigenvalue weighted by Gasteiger charge is 2.15. The number of rotatable bonds is 6. The van der Waals surface area contributed by atoms with Gasteiger partial charge in [-0.25, -0.2) is 9.97 Å². The lowest BCUT2D eigenvalue weighted by Gasteiger charge is -2.13. The number of fused-ring (bicyclic) bond motifs is 1. The molecule has 0 radical (unpaired) electrons. The number of hydrogen-bond donors (Lipinski definition) is 1. The van der Waals surface area contributed by atoms with Gasteiger partial charge in [0.05, 0.1) is 0 Å². The third-order valence-corrected chi connectivity index (χ3v) is 5.60. The third-order valence-electron chi connectivity index (χ3n) is 5.60. The van der Waals surface area contributed by atoms with Gasteiger partial charge < -0.3 is 9.88 Å². The van der Waals surface area contributed by atoms with Gasteiger partial charge >= 0.3 is 0 Å². The summed E-state index contributed by atoms with van der Waals surface area (Å²) in [5.41, 5.74) is 8.10. The quantitative estimate of drug-likeness (QED) is 0.463. The number of pyridine rings is 1. The van der Waals surface area contributed by atoms with Gasteiger partial charge in [-0.05, 0) is 68.1 Å². The highest BCUT2D eigenvalue weighted by molar-refractivity contribution is 5.95. The largest absolute Gasteiger partial charge is 0.348 e. The fourth-order valence-corrected chi connectivity index (χ4v) is 4.17. The summed E-state index contributed by atoms with van der Waals surface area (Å²) < 4.78 is 2.13. The van der Waals surface area contributed by atoms with E-state index in [1.807, 2.05) is 36.4 Å². The zero-order valence-electron chi connectivity index (χ0n) is 18.6. The molecule has 5 nitrogen and oxygen atoms in total. The van der Waals surface area contributed by atoms with Gasteiger partial charge in [-0.1, -0.05) is 36.8 Å². The Morgan fingerprint density at radius 2 is 1.81 bits per heavy atom. The average molecular weight is 413 g/mol. The van der Waals surface area contributed by atoms with Crippen molar-refractivity contribution in [3.05, 3.63) is 82.5 Å². The van der Waals surface area contributed by atoms with E-state index < -0.39 is 0 Å². The molecule has 1 N–H and O–H groups in total. The van der Waals surface area contributed by atoms with Crippen molar-refractivity contribution in [3.8, 4) is 11.4 Å². The molecule has 31 heavy (non-hydrogen) atoms.